The number of hydrogen-bond acceptors (Lipinski definition) is 5. The van der Waals surface area contributed by atoms with Gasteiger partial charge in [-0.1, -0.05) is 137 Å². The van der Waals surface area contributed by atoms with Crippen LogP contribution in [-0.2, 0) is 14.3 Å². The van der Waals surface area contributed by atoms with Crippen LogP contribution in [0.3, 0.4) is 0 Å². The number of fused-ring (bicyclic) bond motifs is 5. The molecular weight excluding hydrogens is 733 g/mol. The molecule has 8 atom stereocenters. The number of carbonyl (C=O) groups excluding carboxylic acids is 3. The van der Waals surface area contributed by atoms with Crippen LogP contribution in [-0.4, -0.2) is 61.6 Å². The minimum atomic E-state index is -0.403. The number of nitrogens with one attached hydrogen (secondary N) is 2. The molecule has 3 saturated carbocycles. The topological polar surface area (TPSA) is 114 Å². The summed E-state index contributed by atoms with van der Waals surface area (Å²) in [5.41, 5.74) is 7.80. The molecule has 4 rings (SSSR count). The van der Waals surface area contributed by atoms with Crippen molar-refractivity contribution in [2.24, 2.45) is 52.1 Å². The van der Waals surface area contributed by atoms with E-state index in [-0.39, 0.29) is 29.9 Å². The van der Waals surface area contributed by atoms with E-state index in [1.54, 1.807) is 4.90 Å². The van der Waals surface area contributed by atoms with Crippen molar-refractivity contribution in [3.05, 3.63) is 11.6 Å². The number of allylic oxidation sites excluding steroid dienone is 1. The maximum atomic E-state index is 13.8. The third-order valence-electron chi connectivity index (χ3n) is 16.0. The molecule has 0 unspecified atom stereocenters. The summed E-state index contributed by atoms with van der Waals surface area (Å²) in [6.07, 6.45) is 31.7. The van der Waals surface area contributed by atoms with Gasteiger partial charge in [-0.25, -0.2) is 4.79 Å². The zero-order chi connectivity index (χ0) is 42.7. The number of carbonyl (C=O) groups is 3. The minimum absolute atomic E-state index is 0.0254. The summed E-state index contributed by atoms with van der Waals surface area (Å²) in [6.45, 7) is 16.9. The van der Waals surface area contributed by atoms with Crippen LogP contribution in [0.5, 0.6) is 0 Å². The largest absolute Gasteiger partial charge is 0.446 e. The van der Waals surface area contributed by atoms with Crippen molar-refractivity contribution in [2.45, 2.75) is 215 Å². The number of hydrogen-bond donors (Lipinski definition) is 3. The van der Waals surface area contributed by atoms with E-state index in [1.807, 2.05) is 0 Å². The Hall–Kier alpha value is -2.09. The van der Waals surface area contributed by atoms with E-state index < -0.39 is 6.09 Å². The van der Waals surface area contributed by atoms with Crippen LogP contribution in [0.2, 0.25) is 0 Å². The van der Waals surface area contributed by atoms with Crippen molar-refractivity contribution in [1.82, 2.24) is 15.5 Å². The van der Waals surface area contributed by atoms with Crippen molar-refractivity contribution in [3.8, 4) is 0 Å². The Morgan fingerprint density at radius 3 is 2.19 bits per heavy atom. The summed E-state index contributed by atoms with van der Waals surface area (Å²) in [7, 11) is 0. The Morgan fingerprint density at radius 2 is 1.46 bits per heavy atom. The van der Waals surface area contributed by atoms with E-state index in [9.17, 15) is 14.4 Å². The molecule has 8 nitrogen and oxygen atoms in total. The molecule has 340 valence electrons. The standard InChI is InChI=1S/C51H92N4O4/c1-7-8-9-10-11-12-13-14-17-24-47(56)53-35-21-36-55(38-48(57)54-34-19-16-15-18-33-52)49(58)59-42-29-31-50(5)41(37-42)25-26-43-45-28-27-44(40(4)23-20-22-39(2)3)51(45,6)32-30-46(43)50/h25,39-40,42-46H,7-24,26-38,52H2,1-6H3,(H,53,56)(H,54,57)/t40-,42+,43+,44-,45+,46+,50+,51-/m1/s1. The molecule has 4 aliphatic carbocycles. The first-order valence-electron chi connectivity index (χ1n) is 25.3. The molecular formula is C51H92N4O4. The maximum Gasteiger partial charge on any atom is 0.410 e. The van der Waals surface area contributed by atoms with Gasteiger partial charge in [0, 0.05) is 32.5 Å². The van der Waals surface area contributed by atoms with E-state index >= 15 is 0 Å². The van der Waals surface area contributed by atoms with Gasteiger partial charge < -0.3 is 21.1 Å². The van der Waals surface area contributed by atoms with Crippen LogP contribution < -0.4 is 16.4 Å². The van der Waals surface area contributed by atoms with Gasteiger partial charge >= 0.3 is 6.09 Å². The molecule has 4 aliphatic rings. The van der Waals surface area contributed by atoms with Crippen LogP contribution in [0.1, 0.15) is 208 Å². The molecule has 0 radical (unpaired) electrons. The van der Waals surface area contributed by atoms with Crippen molar-refractivity contribution >= 4 is 17.9 Å². The zero-order valence-electron chi connectivity index (χ0n) is 39.2. The average molecular weight is 825 g/mol. The molecule has 8 heteroatoms. The van der Waals surface area contributed by atoms with Gasteiger partial charge in [0.05, 0.1) is 0 Å². The second-order valence-corrected chi connectivity index (χ2v) is 20.8. The molecule has 0 aromatic heterocycles. The molecule has 0 bridgehead atoms. The van der Waals surface area contributed by atoms with Crippen LogP contribution in [0.15, 0.2) is 11.6 Å². The fourth-order valence-corrected chi connectivity index (χ4v) is 12.5. The fraction of sp³-hybridized carbons (Fsp3) is 0.902. The lowest BCUT2D eigenvalue weighted by atomic mass is 9.47. The molecule has 0 aromatic rings. The van der Waals surface area contributed by atoms with Gasteiger partial charge in [-0.15, -0.1) is 0 Å². The van der Waals surface area contributed by atoms with Crippen LogP contribution in [0, 0.1) is 46.3 Å². The zero-order valence-corrected chi connectivity index (χ0v) is 39.2. The first-order chi connectivity index (χ1) is 28.4. The van der Waals surface area contributed by atoms with Gasteiger partial charge in [0.1, 0.15) is 12.6 Å². The highest BCUT2D eigenvalue weighted by Gasteiger charge is 2.59. The average Bonchev–Trinajstić information content (AvgIpc) is 3.57. The smallest absolute Gasteiger partial charge is 0.410 e. The van der Waals surface area contributed by atoms with Crippen molar-refractivity contribution < 1.29 is 19.1 Å². The second-order valence-electron chi connectivity index (χ2n) is 20.8. The van der Waals surface area contributed by atoms with E-state index in [4.69, 9.17) is 10.5 Å². The summed E-state index contributed by atoms with van der Waals surface area (Å²) in [5, 5.41) is 6.07. The number of ether oxygens (including phenoxy) is 1. The Labute approximate surface area is 362 Å². The van der Waals surface area contributed by atoms with E-state index in [0.29, 0.717) is 44.4 Å². The number of nitrogens with two attached hydrogens (primary N) is 1. The Bertz CT molecular complexity index is 1290. The van der Waals surface area contributed by atoms with Crippen molar-refractivity contribution in [2.75, 3.05) is 32.7 Å². The van der Waals surface area contributed by atoms with Crippen LogP contribution in [0.4, 0.5) is 4.79 Å². The highest BCUT2D eigenvalue weighted by Crippen LogP contribution is 2.67. The van der Waals surface area contributed by atoms with Gasteiger partial charge in [0.2, 0.25) is 11.8 Å². The first-order valence-corrected chi connectivity index (χ1v) is 25.3. The number of amides is 3. The van der Waals surface area contributed by atoms with Crippen molar-refractivity contribution in [3.63, 3.8) is 0 Å². The lowest BCUT2D eigenvalue weighted by Crippen LogP contribution is -2.51. The van der Waals surface area contributed by atoms with Gasteiger partial charge in [-0.2, -0.15) is 0 Å². The van der Waals surface area contributed by atoms with Gasteiger partial charge in [0.25, 0.3) is 0 Å². The molecule has 0 heterocycles. The quantitative estimate of drug-likeness (QED) is 0.0537. The SMILES string of the molecule is CCCCCCCCCCCC(=O)NCCCN(CC(=O)NCCCCCCN)C(=O)O[C@H]1CC[C@@]2(C)C(=CC[C@H]3[C@@H]4CC[C@H]([C@H](C)CCCC(C)C)[C@@]4(C)CC[C@@H]32)C1. The third-order valence-corrected chi connectivity index (χ3v) is 16.0. The molecule has 0 spiro atoms. The minimum Gasteiger partial charge on any atom is -0.446 e. The highest BCUT2D eigenvalue weighted by atomic mass is 16.6. The first kappa shape index (κ1) is 49.6. The fourth-order valence-electron chi connectivity index (χ4n) is 12.5. The van der Waals surface area contributed by atoms with Gasteiger partial charge in [0.15, 0.2) is 0 Å². The lowest BCUT2D eigenvalue weighted by Gasteiger charge is -2.58. The lowest BCUT2D eigenvalue weighted by molar-refractivity contribution is -0.123. The highest BCUT2D eigenvalue weighted by molar-refractivity contribution is 5.82. The van der Waals surface area contributed by atoms with E-state index in [2.05, 4.69) is 58.3 Å². The summed E-state index contributed by atoms with van der Waals surface area (Å²) in [5.74, 6) is 4.72. The number of rotatable bonds is 28. The predicted octanol–water partition coefficient (Wildman–Crippen LogP) is 11.9. The Kier molecular flexibility index (Phi) is 21.6. The summed E-state index contributed by atoms with van der Waals surface area (Å²) < 4.78 is 6.28. The molecule has 3 fully saturated rings. The van der Waals surface area contributed by atoms with E-state index in [0.717, 1.165) is 93.3 Å². The summed E-state index contributed by atoms with van der Waals surface area (Å²) in [6, 6.07) is 0. The number of unbranched alkanes of at least 4 members (excludes halogenated alkanes) is 11. The maximum absolute atomic E-state index is 13.8. The second kappa shape index (κ2) is 25.8. The summed E-state index contributed by atoms with van der Waals surface area (Å²) in [4.78, 5) is 41.1. The van der Waals surface area contributed by atoms with E-state index in [1.165, 1.54) is 102 Å². The molecule has 4 N–H and O–H groups in total. The van der Waals surface area contributed by atoms with Gasteiger partial charge in [-0.3, -0.25) is 14.5 Å². The monoisotopic (exact) mass is 825 g/mol. The Morgan fingerprint density at radius 1 is 0.780 bits per heavy atom. The molecule has 59 heavy (non-hydrogen) atoms. The molecule has 0 saturated heterocycles. The van der Waals surface area contributed by atoms with Crippen LogP contribution >= 0.6 is 0 Å². The Balaban J connectivity index is 1.27. The van der Waals surface area contributed by atoms with Crippen molar-refractivity contribution in [1.29, 1.82) is 0 Å². The molecule has 0 aromatic carbocycles. The molecule has 3 amide bonds. The summed E-state index contributed by atoms with van der Waals surface area (Å²) >= 11 is 0. The number of nitrogens with zero attached hydrogens (tertiary/aromatic N) is 1. The molecule has 0 aliphatic heterocycles. The predicted molar refractivity (Wildman–Crippen MR) is 245 cm³/mol. The van der Waals surface area contributed by atoms with Crippen LogP contribution in [0.25, 0.3) is 0 Å². The normalized spacial score (nSPS) is 27.9. The third kappa shape index (κ3) is 15.0. The van der Waals surface area contributed by atoms with Gasteiger partial charge in [-0.05, 0) is 124 Å².